The van der Waals surface area contributed by atoms with E-state index in [1.165, 1.54) is 0 Å². The minimum absolute atomic E-state index is 0.211. The Morgan fingerprint density at radius 2 is 1.62 bits per heavy atom. The summed E-state index contributed by atoms with van der Waals surface area (Å²) < 4.78 is 0. The van der Waals surface area contributed by atoms with Gasteiger partial charge in [-0.3, -0.25) is 9.59 Å². The number of para-hydroxylation sites is 1. The molecule has 0 saturated heterocycles. The summed E-state index contributed by atoms with van der Waals surface area (Å²) in [6.45, 7) is 2.55. The van der Waals surface area contributed by atoms with Crippen LogP contribution in [0.4, 0.5) is 5.69 Å². The zero-order valence-electron chi connectivity index (χ0n) is 11.8. The van der Waals surface area contributed by atoms with Gasteiger partial charge in [0.25, 0.3) is 11.8 Å². The molecule has 1 heterocycles. The summed E-state index contributed by atoms with van der Waals surface area (Å²) in [5.74, 6) is -0.613. The average Bonchev–Trinajstić information content (AvgIpc) is 2.53. The molecule has 0 aliphatic rings. The first kappa shape index (κ1) is 14.7. The number of hydrogen-bond acceptors (Lipinski definition) is 3. The van der Waals surface area contributed by atoms with E-state index in [1.54, 1.807) is 30.3 Å². The lowest BCUT2D eigenvalue weighted by Crippen LogP contribution is -2.26. The Bertz CT molecular complexity index is 626. The molecule has 108 valence electrons. The van der Waals surface area contributed by atoms with Crippen molar-refractivity contribution in [3.63, 3.8) is 0 Å². The highest BCUT2D eigenvalue weighted by Gasteiger charge is 2.12. The lowest BCUT2D eigenvalue weighted by molar-refractivity contribution is 0.0948. The monoisotopic (exact) mass is 283 g/mol. The Hall–Kier alpha value is -2.69. The summed E-state index contributed by atoms with van der Waals surface area (Å²) in [5.41, 5.74) is 1.14. The maximum absolute atomic E-state index is 12.1. The summed E-state index contributed by atoms with van der Waals surface area (Å²) in [4.78, 5) is 28.0. The van der Waals surface area contributed by atoms with Gasteiger partial charge in [-0.1, -0.05) is 31.2 Å². The van der Waals surface area contributed by atoms with Crippen LogP contribution in [0.1, 0.15) is 34.3 Å². The second-order valence-electron chi connectivity index (χ2n) is 4.48. The molecular weight excluding hydrogens is 266 g/mol. The largest absolute Gasteiger partial charge is 0.351 e. The fourth-order valence-electron chi connectivity index (χ4n) is 1.73. The van der Waals surface area contributed by atoms with Crippen molar-refractivity contribution >= 4 is 17.5 Å². The summed E-state index contributed by atoms with van der Waals surface area (Å²) in [6.07, 6.45) is 0.847. The van der Waals surface area contributed by atoms with Gasteiger partial charge in [-0.05, 0) is 30.7 Å². The minimum Gasteiger partial charge on any atom is -0.351 e. The van der Waals surface area contributed by atoms with Crippen molar-refractivity contribution in [1.82, 2.24) is 10.3 Å². The normalized spacial score (nSPS) is 9.95. The third-order valence-electron chi connectivity index (χ3n) is 2.78. The number of nitrogens with zero attached hydrogens (tertiary/aromatic N) is 1. The molecule has 5 heteroatoms. The maximum Gasteiger partial charge on any atom is 0.274 e. The maximum atomic E-state index is 12.1. The van der Waals surface area contributed by atoms with Crippen LogP contribution in [0, 0.1) is 0 Å². The van der Waals surface area contributed by atoms with Crippen molar-refractivity contribution in [2.45, 2.75) is 13.3 Å². The van der Waals surface area contributed by atoms with Crippen molar-refractivity contribution < 1.29 is 9.59 Å². The number of benzene rings is 1. The first-order chi connectivity index (χ1) is 10.2. The third kappa shape index (κ3) is 4.14. The second-order valence-corrected chi connectivity index (χ2v) is 4.48. The number of amides is 2. The van der Waals surface area contributed by atoms with E-state index < -0.39 is 0 Å². The number of pyridine rings is 1. The number of nitrogens with one attached hydrogen (secondary N) is 2. The van der Waals surface area contributed by atoms with Gasteiger partial charge in [0.15, 0.2) is 0 Å². The first-order valence-electron chi connectivity index (χ1n) is 6.82. The molecule has 1 aromatic heterocycles. The van der Waals surface area contributed by atoms with E-state index in [0.29, 0.717) is 12.2 Å². The summed E-state index contributed by atoms with van der Waals surface area (Å²) in [5, 5.41) is 5.47. The molecule has 0 bridgehead atoms. The van der Waals surface area contributed by atoms with Crippen LogP contribution in [0.15, 0.2) is 48.5 Å². The Labute approximate surface area is 123 Å². The molecule has 2 aromatic rings. The Morgan fingerprint density at radius 3 is 2.29 bits per heavy atom. The van der Waals surface area contributed by atoms with E-state index in [2.05, 4.69) is 15.6 Å². The molecule has 0 spiro atoms. The van der Waals surface area contributed by atoms with Gasteiger partial charge in [-0.15, -0.1) is 0 Å². The molecule has 0 unspecified atom stereocenters. The highest BCUT2D eigenvalue weighted by atomic mass is 16.2. The first-order valence-corrected chi connectivity index (χ1v) is 6.82. The van der Waals surface area contributed by atoms with Gasteiger partial charge in [0.2, 0.25) is 0 Å². The molecule has 0 aliphatic heterocycles. The van der Waals surface area contributed by atoms with Crippen molar-refractivity contribution in [2.75, 3.05) is 11.9 Å². The quantitative estimate of drug-likeness (QED) is 0.885. The standard InChI is InChI=1S/C16H17N3O2/c1-2-11-17-15(20)13-9-6-10-14(19-13)16(21)18-12-7-4-3-5-8-12/h3-10H,2,11H2,1H3,(H,17,20)(H,18,21). The Morgan fingerprint density at radius 1 is 0.952 bits per heavy atom. The summed E-state index contributed by atoms with van der Waals surface area (Å²) >= 11 is 0. The Kier molecular flexibility index (Phi) is 5.04. The zero-order valence-corrected chi connectivity index (χ0v) is 11.8. The number of rotatable bonds is 5. The van der Waals surface area contributed by atoms with E-state index in [-0.39, 0.29) is 23.2 Å². The van der Waals surface area contributed by atoms with Crippen molar-refractivity contribution in [3.8, 4) is 0 Å². The van der Waals surface area contributed by atoms with E-state index >= 15 is 0 Å². The minimum atomic E-state index is -0.341. The smallest absolute Gasteiger partial charge is 0.274 e. The summed E-state index contributed by atoms with van der Waals surface area (Å²) in [6, 6.07) is 13.9. The van der Waals surface area contributed by atoms with Crippen LogP contribution in [0.25, 0.3) is 0 Å². The van der Waals surface area contributed by atoms with E-state index in [9.17, 15) is 9.59 Å². The van der Waals surface area contributed by atoms with Crippen LogP contribution < -0.4 is 10.6 Å². The zero-order chi connectivity index (χ0) is 15.1. The predicted octanol–water partition coefficient (Wildman–Crippen LogP) is 2.47. The lowest BCUT2D eigenvalue weighted by Gasteiger charge is -2.06. The molecule has 0 saturated carbocycles. The van der Waals surface area contributed by atoms with Gasteiger partial charge in [-0.25, -0.2) is 4.98 Å². The molecule has 0 radical (unpaired) electrons. The molecule has 2 amide bonds. The number of hydrogen-bond donors (Lipinski definition) is 2. The fraction of sp³-hybridized carbons (Fsp3) is 0.188. The van der Waals surface area contributed by atoms with Gasteiger partial charge < -0.3 is 10.6 Å². The predicted molar refractivity (Wildman–Crippen MR) is 81.3 cm³/mol. The molecule has 0 atom stereocenters. The van der Waals surface area contributed by atoms with Crippen LogP contribution in [-0.4, -0.2) is 23.3 Å². The van der Waals surface area contributed by atoms with Gasteiger partial charge in [0, 0.05) is 12.2 Å². The van der Waals surface area contributed by atoms with Gasteiger partial charge >= 0.3 is 0 Å². The lowest BCUT2D eigenvalue weighted by atomic mass is 10.2. The molecule has 5 nitrogen and oxygen atoms in total. The third-order valence-corrected chi connectivity index (χ3v) is 2.78. The van der Waals surface area contributed by atoms with Crippen LogP contribution in [-0.2, 0) is 0 Å². The average molecular weight is 283 g/mol. The highest BCUT2D eigenvalue weighted by molar-refractivity contribution is 6.03. The van der Waals surface area contributed by atoms with Gasteiger partial charge in [0.05, 0.1) is 0 Å². The molecule has 1 aromatic carbocycles. The van der Waals surface area contributed by atoms with Crippen molar-refractivity contribution in [1.29, 1.82) is 0 Å². The number of anilines is 1. The number of carbonyl (C=O) groups excluding carboxylic acids is 2. The molecule has 21 heavy (non-hydrogen) atoms. The van der Waals surface area contributed by atoms with E-state index in [1.807, 2.05) is 25.1 Å². The fourth-order valence-corrected chi connectivity index (χ4v) is 1.73. The molecular formula is C16H17N3O2. The van der Waals surface area contributed by atoms with Gasteiger partial charge in [0.1, 0.15) is 11.4 Å². The molecule has 2 N–H and O–H groups in total. The van der Waals surface area contributed by atoms with Crippen molar-refractivity contribution in [3.05, 3.63) is 59.9 Å². The number of aromatic nitrogens is 1. The molecule has 2 rings (SSSR count). The topological polar surface area (TPSA) is 71.1 Å². The van der Waals surface area contributed by atoms with Crippen LogP contribution in [0.3, 0.4) is 0 Å². The van der Waals surface area contributed by atoms with Gasteiger partial charge in [-0.2, -0.15) is 0 Å². The summed E-state index contributed by atoms with van der Waals surface area (Å²) in [7, 11) is 0. The van der Waals surface area contributed by atoms with Crippen molar-refractivity contribution in [2.24, 2.45) is 0 Å². The highest BCUT2D eigenvalue weighted by Crippen LogP contribution is 2.08. The second kappa shape index (κ2) is 7.19. The van der Waals surface area contributed by atoms with Crippen LogP contribution >= 0.6 is 0 Å². The SMILES string of the molecule is CCCNC(=O)c1cccc(C(=O)Nc2ccccc2)n1. The van der Waals surface area contributed by atoms with Crippen LogP contribution in [0.5, 0.6) is 0 Å². The van der Waals surface area contributed by atoms with Crippen LogP contribution in [0.2, 0.25) is 0 Å². The molecule has 0 fully saturated rings. The molecule has 0 aliphatic carbocycles. The number of carbonyl (C=O) groups is 2. The Balaban J connectivity index is 2.10. The van der Waals surface area contributed by atoms with E-state index in [0.717, 1.165) is 6.42 Å². The van der Waals surface area contributed by atoms with E-state index in [4.69, 9.17) is 0 Å².